The van der Waals surface area contributed by atoms with E-state index in [9.17, 15) is 43.2 Å². The summed E-state index contributed by atoms with van der Waals surface area (Å²) in [5.41, 5.74) is 4.68. The number of nitrogens with two attached hydrogens (primary N) is 1. The van der Waals surface area contributed by atoms with E-state index in [1.165, 1.54) is 4.57 Å². The smallest absolute Gasteiger partial charge is 0.280 e. The van der Waals surface area contributed by atoms with Crippen molar-refractivity contribution in [3.05, 3.63) is 16.7 Å². The Labute approximate surface area is 171 Å². The first-order valence-electron chi connectivity index (χ1n) is 7.93. The number of phosphoric acid groups is 3. The average molecular weight is 503 g/mol. The van der Waals surface area contributed by atoms with Crippen LogP contribution >= 0.6 is 23.5 Å². The maximum absolute atomic E-state index is 11.8. The number of fused-ring (bicyclic) bond motifs is 1. The lowest BCUT2D eigenvalue weighted by atomic mass is 10.2. The van der Waals surface area contributed by atoms with E-state index < -0.39 is 54.1 Å². The van der Waals surface area contributed by atoms with E-state index in [-0.39, 0.29) is 23.5 Å². The predicted molar refractivity (Wildman–Crippen MR) is 88.0 cm³/mol. The Morgan fingerprint density at radius 1 is 1.26 bits per heavy atom. The molecule has 18 nitrogen and oxygen atoms in total. The number of phosphoric ester groups is 1. The molecule has 174 valence electrons. The van der Waals surface area contributed by atoms with Gasteiger partial charge in [0, 0.05) is 6.42 Å². The van der Waals surface area contributed by atoms with Gasteiger partial charge in [-0.05, 0) is 0 Å². The average Bonchev–Trinajstić information content (AvgIpc) is 3.12. The van der Waals surface area contributed by atoms with Crippen molar-refractivity contribution in [2.45, 2.75) is 24.9 Å². The van der Waals surface area contributed by atoms with E-state index in [1.807, 2.05) is 0 Å². The Balaban J connectivity index is 1.67. The summed E-state index contributed by atoms with van der Waals surface area (Å²) in [5.74, 6) is -0.235. The van der Waals surface area contributed by atoms with Crippen molar-refractivity contribution < 1.29 is 56.3 Å². The van der Waals surface area contributed by atoms with Gasteiger partial charge >= 0.3 is 0 Å². The molecule has 4 N–H and O–H groups in total. The van der Waals surface area contributed by atoms with Crippen LogP contribution in [0.3, 0.4) is 0 Å². The van der Waals surface area contributed by atoms with Gasteiger partial charge in [-0.3, -0.25) is 27.8 Å². The van der Waals surface area contributed by atoms with Crippen LogP contribution in [0.2, 0.25) is 0 Å². The van der Waals surface area contributed by atoms with Gasteiger partial charge in [0.05, 0.1) is 26.9 Å². The molecule has 1 fully saturated rings. The molecule has 2 aromatic heterocycles. The number of aliphatic hydroxyl groups is 1. The van der Waals surface area contributed by atoms with Crippen LogP contribution in [0, 0.1) is 0 Å². The van der Waals surface area contributed by atoms with E-state index in [1.54, 1.807) is 0 Å². The highest BCUT2D eigenvalue weighted by Crippen LogP contribution is 2.60. The number of anilines is 1. The first kappa shape index (κ1) is 24.1. The number of imidazole rings is 1. The molecular weight excluding hydrogens is 491 g/mol. The number of H-pyrrole nitrogens is 1. The van der Waals surface area contributed by atoms with Gasteiger partial charge in [-0.15, -0.1) is 0 Å². The number of hydrogen-bond acceptors (Lipinski definition) is 16. The highest BCUT2D eigenvalue weighted by molar-refractivity contribution is 7.64. The molecule has 1 aliphatic heterocycles. The Morgan fingerprint density at radius 3 is 2.58 bits per heavy atom. The van der Waals surface area contributed by atoms with Gasteiger partial charge < -0.3 is 44.2 Å². The summed E-state index contributed by atoms with van der Waals surface area (Å²) in [5, 5.41) is 10.2. The zero-order valence-electron chi connectivity index (χ0n) is 14.8. The molecule has 0 radical (unpaired) electrons. The summed E-state index contributed by atoms with van der Waals surface area (Å²) in [6, 6.07) is 0. The Bertz CT molecular complexity index is 1170. The Hall–Kier alpha value is -1.52. The van der Waals surface area contributed by atoms with E-state index in [2.05, 4.69) is 28.1 Å². The second-order valence-corrected chi connectivity index (χ2v) is 10.3. The van der Waals surface area contributed by atoms with Crippen molar-refractivity contribution in [2.75, 3.05) is 12.3 Å². The normalized spacial score (nSPS) is 26.0. The number of aromatic nitrogens is 4. The lowest BCUT2D eigenvalue weighted by molar-refractivity contribution is -0.339. The zero-order chi connectivity index (χ0) is 23.2. The minimum Gasteiger partial charge on any atom is -0.790 e. The fourth-order valence-electron chi connectivity index (χ4n) is 2.67. The standard InChI is InChI=1S/C10H16N5O13P3/c11-10-13-7-6(8(17)14-10)12-3-15(7)9-5(16)1-4(26-9)2-25-30(21,22)28-31(23,24)27-29(18,19)20/h3-5,9,16H,1-2H2,(H,21,22)(H,23,24)(H2,18,19,20)(H3,11,13,14,17)/p-4. The summed E-state index contributed by atoms with van der Waals surface area (Å²) in [7, 11) is -17.9. The van der Waals surface area contributed by atoms with Crippen LogP contribution in [0.25, 0.3) is 11.2 Å². The minimum atomic E-state index is -6.11. The second kappa shape index (κ2) is 8.44. The largest absolute Gasteiger partial charge is 0.790 e. The van der Waals surface area contributed by atoms with E-state index in [0.717, 1.165) is 6.33 Å². The molecule has 2 aromatic rings. The van der Waals surface area contributed by atoms with Crippen molar-refractivity contribution in [1.29, 1.82) is 0 Å². The summed E-state index contributed by atoms with van der Waals surface area (Å²) >= 11 is 0. The minimum absolute atomic E-state index is 0.0335. The molecule has 1 aliphatic rings. The van der Waals surface area contributed by atoms with Crippen LogP contribution in [0.4, 0.5) is 5.95 Å². The lowest BCUT2D eigenvalue weighted by Crippen LogP contribution is -2.22. The third-order valence-electron chi connectivity index (χ3n) is 3.71. The van der Waals surface area contributed by atoms with Crippen molar-refractivity contribution in [3.8, 4) is 0 Å². The molecule has 0 spiro atoms. The van der Waals surface area contributed by atoms with E-state index in [0.29, 0.717) is 0 Å². The Morgan fingerprint density at radius 2 is 1.94 bits per heavy atom. The number of nitrogens with zero attached hydrogens (tertiary/aromatic N) is 3. The van der Waals surface area contributed by atoms with E-state index in [4.69, 9.17) is 10.5 Å². The molecule has 3 heterocycles. The molecule has 5 unspecified atom stereocenters. The molecule has 0 saturated carbocycles. The summed E-state index contributed by atoms with van der Waals surface area (Å²) in [6.45, 7) is -0.871. The molecule has 0 bridgehead atoms. The summed E-state index contributed by atoms with van der Waals surface area (Å²) in [6.07, 6.45) is -2.69. The topological polar surface area (TPSA) is 290 Å². The van der Waals surface area contributed by atoms with Crippen molar-refractivity contribution in [2.24, 2.45) is 0 Å². The van der Waals surface area contributed by atoms with Gasteiger partial charge in [-0.1, -0.05) is 0 Å². The number of ether oxygens (including phenoxy) is 1. The molecule has 5 atom stereocenters. The first-order valence-corrected chi connectivity index (χ1v) is 12.3. The molecular formula is C10H12N5O13P3-4. The highest BCUT2D eigenvalue weighted by atomic mass is 31.3. The fourth-order valence-corrected chi connectivity index (χ4v) is 5.56. The van der Waals surface area contributed by atoms with Crippen LogP contribution in [-0.2, 0) is 31.6 Å². The molecule has 3 rings (SSSR count). The fraction of sp³-hybridized carbons (Fsp3) is 0.500. The maximum Gasteiger partial charge on any atom is 0.280 e. The third-order valence-corrected chi connectivity index (χ3v) is 7.37. The third kappa shape index (κ3) is 6.04. The Kier molecular flexibility index (Phi) is 6.57. The quantitative estimate of drug-likeness (QED) is 0.291. The highest BCUT2D eigenvalue weighted by Gasteiger charge is 2.37. The predicted octanol–water partition coefficient (Wildman–Crippen LogP) is -3.83. The van der Waals surface area contributed by atoms with E-state index >= 15 is 0 Å². The van der Waals surface area contributed by atoms with Gasteiger partial charge in [0.2, 0.25) is 5.95 Å². The number of nitrogen functional groups attached to an aromatic ring is 1. The van der Waals surface area contributed by atoms with Gasteiger partial charge in [0.25, 0.3) is 21.2 Å². The SMILES string of the molecule is Nc1nc2c(ncn2C2OC(COP(=O)([O-])OP(=O)([O-])OP(=O)([O-])[O-])CC2O)c(=O)[nH]1. The molecule has 0 aromatic carbocycles. The van der Waals surface area contributed by atoms with Crippen molar-refractivity contribution in [1.82, 2.24) is 19.5 Å². The van der Waals surface area contributed by atoms with Crippen molar-refractivity contribution >= 4 is 40.6 Å². The van der Waals surface area contributed by atoms with Crippen LogP contribution in [0.1, 0.15) is 12.6 Å². The molecule has 31 heavy (non-hydrogen) atoms. The number of aromatic amines is 1. The summed E-state index contributed by atoms with van der Waals surface area (Å²) in [4.78, 5) is 65.0. The molecule has 21 heteroatoms. The molecule has 0 aliphatic carbocycles. The van der Waals surface area contributed by atoms with Gasteiger partial charge in [0.15, 0.2) is 17.4 Å². The lowest BCUT2D eigenvalue weighted by Gasteiger charge is -2.37. The first-order chi connectivity index (χ1) is 14.2. The zero-order valence-corrected chi connectivity index (χ0v) is 17.5. The number of aliphatic hydroxyl groups excluding tert-OH is 1. The maximum atomic E-state index is 11.8. The van der Waals surface area contributed by atoms with Gasteiger partial charge in [-0.25, -0.2) is 9.29 Å². The van der Waals surface area contributed by atoms with Gasteiger partial charge in [-0.2, -0.15) is 4.98 Å². The number of nitrogens with one attached hydrogen (secondary N) is 1. The van der Waals surface area contributed by atoms with Crippen LogP contribution < -0.4 is 30.9 Å². The second-order valence-electron chi connectivity index (χ2n) is 6.03. The van der Waals surface area contributed by atoms with Crippen LogP contribution in [0.5, 0.6) is 0 Å². The molecule has 1 saturated heterocycles. The number of rotatable bonds is 8. The molecule has 0 amide bonds. The van der Waals surface area contributed by atoms with Crippen LogP contribution in [-0.4, -0.2) is 43.4 Å². The van der Waals surface area contributed by atoms with Crippen LogP contribution in [0.15, 0.2) is 11.1 Å². The van der Waals surface area contributed by atoms with Crippen molar-refractivity contribution in [3.63, 3.8) is 0 Å². The number of hydrogen-bond donors (Lipinski definition) is 3. The summed E-state index contributed by atoms with van der Waals surface area (Å²) < 4.78 is 50.4. The van der Waals surface area contributed by atoms with Gasteiger partial charge in [0.1, 0.15) is 6.10 Å². The monoisotopic (exact) mass is 503 g/mol.